The van der Waals surface area contributed by atoms with Crippen molar-refractivity contribution >= 4 is 55.2 Å². The normalized spacial score (nSPS) is 9.82. The molecule has 0 aromatic heterocycles. The second-order valence-electron chi connectivity index (χ2n) is 3.16. The Morgan fingerprint density at radius 3 is 2.88 bits per heavy atom. The van der Waals surface area contributed by atoms with Gasteiger partial charge in [0, 0.05) is 21.9 Å². The van der Waals surface area contributed by atoms with Crippen LogP contribution in [0.5, 0.6) is 0 Å². The van der Waals surface area contributed by atoms with E-state index in [-0.39, 0.29) is 5.30 Å². The highest BCUT2D eigenvalue weighted by molar-refractivity contribution is 9.10. The number of halogens is 1. The zero-order valence-electron chi connectivity index (χ0n) is 9.45. The molecule has 1 aromatic carbocycles. The number of anilines is 1. The summed E-state index contributed by atoms with van der Waals surface area (Å²) >= 11 is 9.33. The smallest absolute Gasteiger partial charge is 0.374 e. The summed E-state index contributed by atoms with van der Waals surface area (Å²) in [4.78, 5) is 11.2. The molecule has 3 nitrogen and oxygen atoms in total. The zero-order valence-corrected chi connectivity index (χ0v) is 12.7. The molecule has 0 radical (unpaired) electrons. The third-order valence-corrected chi connectivity index (χ3v) is 3.66. The van der Waals surface area contributed by atoms with Gasteiger partial charge in [0.15, 0.2) is 0 Å². The van der Waals surface area contributed by atoms with Gasteiger partial charge in [-0.25, -0.2) is 4.79 Å². The number of carbonyl (C=O) groups is 1. The Hall–Kier alpha value is -0.590. The molecule has 0 aliphatic heterocycles. The lowest BCUT2D eigenvalue weighted by atomic mass is 10.2. The van der Waals surface area contributed by atoms with Gasteiger partial charge < -0.3 is 10.1 Å². The summed E-state index contributed by atoms with van der Waals surface area (Å²) in [5.41, 5.74) is 1.95. The van der Waals surface area contributed by atoms with Crippen LogP contribution in [0.25, 0.3) is 0 Å². The lowest BCUT2D eigenvalue weighted by molar-refractivity contribution is 0.182. The summed E-state index contributed by atoms with van der Waals surface area (Å²) in [6.07, 6.45) is 0. The fourth-order valence-electron chi connectivity index (χ4n) is 1.09. The van der Waals surface area contributed by atoms with E-state index in [2.05, 4.69) is 21.2 Å². The summed E-state index contributed by atoms with van der Waals surface area (Å²) in [5, 5.41) is 2.58. The monoisotopic (exact) mass is 333 g/mol. The van der Waals surface area contributed by atoms with Crippen molar-refractivity contribution in [3.63, 3.8) is 0 Å². The van der Waals surface area contributed by atoms with Crippen LogP contribution in [0.2, 0.25) is 0 Å². The Balaban J connectivity index is 2.56. The van der Waals surface area contributed by atoms with Crippen LogP contribution >= 0.6 is 39.9 Å². The molecule has 1 N–H and O–H groups in total. The number of rotatable bonds is 2. The topological polar surface area (TPSA) is 38.3 Å². The van der Waals surface area contributed by atoms with E-state index in [1.165, 1.54) is 0 Å². The standard InChI is InChI=1S/C11H12BrNO2S2/c1-3-15-11(14)17-10(16)13-8-4-5-9(12)7(2)6-8/h4-6H,3H2,1-2H3,(H,13,16). The molecular formula is C11H12BrNO2S2. The molecule has 0 aliphatic rings. The molecule has 0 saturated carbocycles. The maximum Gasteiger partial charge on any atom is 0.374 e. The predicted molar refractivity (Wildman–Crippen MR) is 79.7 cm³/mol. The van der Waals surface area contributed by atoms with Crippen LogP contribution in [-0.2, 0) is 4.74 Å². The van der Waals surface area contributed by atoms with Gasteiger partial charge in [-0.2, -0.15) is 0 Å². The maximum atomic E-state index is 11.2. The molecule has 1 aromatic rings. The van der Waals surface area contributed by atoms with E-state index in [9.17, 15) is 4.79 Å². The molecule has 0 aliphatic carbocycles. The Kier molecular flexibility index (Phi) is 5.94. The molecule has 0 atom stereocenters. The molecule has 92 valence electrons. The number of aryl methyl sites for hydroxylation is 1. The first kappa shape index (κ1) is 14.5. The highest BCUT2D eigenvalue weighted by Gasteiger charge is 2.08. The number of thioether (sulfide) groups is 1. The number of ether oxygens (including phenoxy) is 1. The number of hydrogen-bond acceptors (Lipinski definition) is 4. The van der Waals surface area contributed by atoms with Crippen molar-refractivity contribution in [2.75, 3.05) is 11.9 Å². The minimum Gasteiger partial charge on any atom is -0.458 e. The molecular weight excluding hydrogens is 322 g/mol. The van der Waals surface area contributed by atoms with Gasteiger partial charge in [0.25, 0.3) is 0 Å². The lowest BCUT2D eigenvalue weighted by Crippen LogP contribution is -2.09. The van der Waals surface area contributed by atoms with Gasteiger partial charge in [-0.3, -0.25) is 0 Å². The highest BCUT2D eigenvalue weighted by atomic mass is 79.9. The quantitative estimate of drug-likeness (QED) is 0.643. The van der Waals surface area contributed by atoms with Crippen molar-refractivity contribution in [1.29, 1.82) is 0 Å². The summed E-state index contributed by atoms with van der Waals surface area (Å²) < 4.78 is 6.20. The molecule has 0 fully saturated rings. The molecule has 17 heavy (non-hydrogen) atoms. The van der Waals surface area contributed by atoms with Crippen molar-refractivity contribution < 1.29 is 9.53 Å². The van der Waals surface area contributed by atoms with Crippen molar-refractivity contribution in [3.8, 4) is 0 Å². The third kappa shape index (κ3) is 5.06. The van der Waals surface area contributed by atoms with Crippen LogP contribution < -0.4 is 5.32 Å². The largest absolute Gasteiger partial charge is 0.458 e. The molecule has 0 spiro atoms. The van der Waals surface area contributed by atoms with Crippen LogP contribution in [0, 0.1) is 6.92 Å². The van der Waals surface area contributed by atoms with Crippen molar-refractivity contribution in [3.05, 3.63) is 28.2 Å². The van der Waals surface area contributed by atoms with E-state index in [0.29, 0.717) is 10.9 Å². The number of carbonyl (C=O) groups excluding carboxylic acids is 1. The number of nitrogens with one attached hydrogen (secondary N) is 1. The van der Waals surface area contributed by atoms with E-state index in [0.717, 1.165) is 27.5 Å². The van der Waals surface area contributed by atoms with Gasteiger partial charge in [-0.05, 0) is 37.6 Å². The molecule has 1 rings (SSSR count). The van der Waals surface area contributed by atoms with Gasteiger partial charge >= 0.3 is 5.30 Å². The van der Waals surface area contributed by atoms with Crippen LogP contribution in [0.3, 0.4) is 0 Å². The molecule has 0 amide bonds. The van der Waals surface area contributed by atoms with Crippen molar-refractivity contribution in [2.24, 2.45) is 0 Å². The minimum absolute atomic E-state index is 0.353. The number of benzene rings is 1. The fourth-order valence-corrected chi connectivity index (χ4v) is 2.15. The van der Waals surface area contributed by atoms with E-state index in [1.54, 1.807) is 6.92 Å². The second kappa shape index (κ2) is 6.98. The minimum atomic E-state index is -0.390. The van der Waals surface area contributed by atoms with Crippen LogP contribution in [0.15, 0.2) is 22.7 Å². The zero-order chi connectivity index (χ0) is 12.8. The Labute approximate surface area is 118 Å². The number of hydrogen-bond donors (Lipinski definition) is 1. The maximum absolute atomic E-state index is 11.2. The van der Waals surface area contributed by atoms with E-state index >= 15 is 0 Å². The molecule has 6 heteroatoms. The van der Waals surface area contributed by atoms with Crippen molar-refractivity contribution in [2.45, 2.75) is 13.8 Å². The average Bonchev–Trinajstić information content (AvgIpc) is 2.23. The molecule has 0 saturated heterocycles. The fraction of sp³-hybridized carbons (Fsp3) is 0.273. The predicted octanol–water partition coefficient (Wildman–Crippen LogP) is 4.34. The van der Waals surface area contributed by atoms with Gasteiger partial charge in [0.05, 0.1) is 6.61 Å². The van der Waals surface area contributed by atoms with Gasteiger partial charge in [-0.15, -0.1) is 0 Å². The molecule has 0 unspecified atom stereocenters. The Morgan fingerprint density at radius 2 is 2.29 bits per heavy atom. The van der Waals surface area contributed by atoms with E-state index in [4.69, 9.17) is 17.0 Å². The van der Waals surface area contributed by atoms with Gasteiger partial charge in [0.2, 0.25) is 0 Å². The first-order valence-electron chi connectivity index (χ1n) is 4.94. The number of thiocarbonyl (C=S) groups is 1. The third-order valence-electron chi connectivity index (χ3n) is 1.84. The average molecular weight is 334 g/mol. The summed E-state index contributed by atoms with van der Waals surface area (Å²) in [5.74, 6) is 0. The summed E-state index contributed by atoms with van der Waals surface area (Å²) in [6.45, 7) is 4.09. The van der Waals surface area contributed by atoms with E-state index < -0.39 is 0 Å². The van der Waals surface area contributed by atoms with E-state index in [1.807, 2.05) is 25.1 Å². The molecule has 0 heterocycles. The Bertz CT molecular complexity index is 437. The molecule has 0 bridgehead atoms. The van der Waals surface area contributed by atoms with Gasteiger partial charge in [-0.1, -0.05) is 28.1 Å². The summed E-state index contributed by atoms with van der Waals surface area (Å²) in [6, 6.07) is 5.76. The second-order valence-corrected chi connectivity index (χ2v) is 5.63. The lowest BCUT2D eigenvalue weighted by Gasteiger charge is -2.08. The first-order chi connectivity index (χ1) is 8.02. The van der Waals surface area contributed by atoms with Crippen LogP contribution in [-0.4, -0.2) is 16.2 Å². The highest BCUT2D eigenvalue weighted by Crippen LogP contribution is 2.21. The van der Waals surface area contributed by atoms with Crippen molar-refractivity contribution in [1.82, 2.24) is 0 Å². The van der Waals surface area contributed by atoms with Crippen LogP contribution in [0.4, 0.5) is 10.5 Å². The van der Waals surface area contributed by atoms with Gasteiger partial charge in [0.1, 0.15) is 4.32 Å². The summed E-state index contributed by atoms with van der Waals surface area (Å²) in [7, 11) is 0. The van der Waals surface area contributed by atoms with Crippen LogP contribution in [0.1, 0.15) is 12.5 Å². The Morgan fingerprint density at radius 1 is 1.59 bits per heavy atom. The SMILES string of the molecule is CCOC(=O)SC(=S)Nc1ccc(Br)c(C)c1. The first-order valence-corrected chi connectivity index (χ1v) is 6.96.